The summed E-state index contributed by atoms with van der Waals surface area (Å²) in [5.74, 6) is 0. The lowest BCUT2D eigenvalue weighted by Crippen LogP contribution is -2.40. The smallest absolute Gasteiger partial charge is 0.210 e. The summed E-state index contributed by atoms with van der Waals surface area (Å²) >= 11 is 0. The molecular formula is C10H24N2O2. The van der Waals surface area contributed by atoms with Crippen molar-refractivity contribution in [2.75, 3.05) is 26.2 Å². The van der Waals surface area contributed by atoms with Crippen molar-refractivity contribution in [1.82, 2.24) is 10.6 Å². The molecule has 4 nitrogen and oxygen atoms in total. The van der Waals surface area contributed by atoms with Gasteiger partial charge in [0.1, 0.15) is 2.82 Å². The summed E-state index contributed by atoms with van der Waals surface area (Å²) in [5, 5.41) is 8.18. The summed E-state index contributed by atoms with van der Waals surface area (Å²) in [5.41, 5.74) is 0. The Morgan fingerprint density at radius 1 is 1.21 bits per heavy atom. The lowest BCUT2D eigenvalue weighted by atomic mass is 10.2. The second kappa shape index (κ2) is 9.40. The lowest BCUT2D eigenvalue weighted by molar-refractivity contribution is 0.229. The van der Waals surface area contributed by atoms with Gasteiger partial charge in [0.15, 0.2) is 0 Å². The monoisotopic (exact) mass is 214 g/mol. The molecule has 0 aliphatic rings. The molecule has 0 radical (unpaired) electrons. The first kappa shape index (κ1) is 4.37. The lowest BCUT2D eigenvalue weighted by Gasteiger charge is -2.17. The predicted molar refractivity (Wildman–Crippen MR) is 58.3 cm³/mol. The molecule has 4 N–H and O–H groups in total. The van der Waals surface area contributed by atoms with Gasteiger partial charge in [-0.15, -0.1) is 0 Å². The van der Waals surface area contributed by atoms with E-state index < -0.39 is 38.2 Å². The van der Waals surface area contributed by atoms with Crippen LogP contribution < -0.4 is 10.6 Å². The zero-order chi connectivity index (χ0) is 19.4. The average Bonchev–Trinajstić information content (AvgIpc) is 2.53. The van der Waals surface area contributed by atoms with Crippen LogP contribution in [0.3, 0.4) is 0 Å². The van der Waals surface area contributed by atoms with Crippen LogP contribution in [0.2, 0.25) is 2.82 Å². The zero-order valence-electron chi connectivity index (χ0n) is 18.5. The van der Waals surface area contributed by atoms with Gasteiger partial charge in [-0.1, -0.05) is 13.8 Å². The molecule has 0 heterocycles. The Hall–Kier alpha value is -0.160. The van der Waals surface area contributed by atoms with Crippen molar-refractivity contribution in [1.29, 1.82) is 2.86 Å². The summed E-state index contributed by atoms with van der Waals surface area (Å²) in [6, 6.07) is -4.13. The van der Waals surface area contributed by atoms with E-state index in [2.05, 4.69) is 10.2 Å². The number of aliphatic hydroxyl groups is 2. The Kier molecular flexibility index (Phi) is 2.94. The molecule has 0 unspecified atom stereocenters. The first-order valence-electron chi connectivity index (χ1n) is 9.26. The Balaban J connectivity index is 5.80. The highest BCUT2D eigenvalue weighted by atomic mass is 16.3. The molecule has 0 saturated carbocycles. The summed E-state index contributed by atoms with van der Waals surface area (Å²) in [6.45, 7) is -4.84. The number of hydrogen-bond donors (Lipinski definition) is 4. The van der Waals surface area contributed by atoms with E-state index in [0.29, 0.717) is 0 Å². The average molecular weight is 214 g/mol. The highest BCUT2D eigenvalue weighted by Gasteiger charge is 2.04. The molecule has 0 aromatic heterocycles. The molecule has 14 heavy (non-hydrogen) atoms. The molecule has 2 atom stereocenters. The van der Waals surface area contributed by atoms with Gasteiger partial charge in [0, 0.05) is 33.3 Å². The third kappa shape index (κ3) is 6.32. The quantitative estimate of drug-likeness (QED) is 0.382. The van der Waals surface area contributed by atoms with E-state index in [1.165, 1.54) is 13.8 Å². The minimum atomic E-state index is -3.20. The molecule has 0 rings (SSSR count). The molecule has 0 aromatic carbocycles. The Morgan fingerprint density at radius 2 is 1.64 bits per heavy atom. The molecule has 86 valence electrons. The third-order valence-electron chi connectivity index (χ3n) is 1.63. The minimum Gasteiger partial charge on any atom is -0.395 e. The first-order chi connectivity index (χ1) is 10.8. The summed E-state index contributed by atoms with van der Waals surface area (Å²) in [4.78, 5) is 0. The molecule has 0 fully saturated rings. The molecule has 0 aliphatic carbocycles. The zero-order valence-corrected chi connectivity index (χ0v) is 8.54. The largest absolute Gasteiger partial charge is 0.395 e. The molecule has 0 aromatic rings. The number of hydrogen-bond acceptors (Lipinski definition) is 4. The molecule has 0 saturated heterocycles. The van der Waals surface area contributed by atoms with Crippen LogP contribution in [-0.2, 0) is 0 Å². The minimum absolute atomic E-state index is 0.00765. The van der Waals surface area contributed by atoms with Crippen molar-refractivity contribution in [2.24, 2.45) is 0 Å². The topological polar surface area (TPSA) is 64.5 Å². The van der Waals surface area contributed by atoms with E-state index >= 15 is 0 Å². The Labute approximate surface area is 101 Å². The van der Waals surface area contributed by atoms with Gasteiger partial charge in [-0.05, 0) is 12.8 Å². The third-order valence-corrected chi connectivity index (χ3v) is 1.63. The predicted octanol–water partition coefficient (Wildman–Crippen LogP) is -0.293. The van der Waals surface area contributed by atoms with Crippen LogP contribution in [0.25, 0.3) is 0 Å². The molecule has 0 bridgehead atoms. The second-order valence-corrected chi connectivity index (χ2v) is 2.58. The van der Waals surface area contributed by atoms with Crippen molar-refractivity contribution in [2.45, 2.75) is 38.7 Å². The van der Waals surface area contributed by atoms with Crippen LogP contribution in [0, 0.1) is 0 Å². The van der Waals surface area contributed by atoms with Gasteiger partial charge in [-0.3, -0.25) is 0 Å². The normalized spacial score (nSPS) is 32.9. The van der Waals surface area contributed by atoms with Gasteiger partial charge in [-0.25, -0.2) is 0 Å². The van der Waals surface area contributed by atoms with Gasteiger partial charge in [0.2, 0.25) is 2.86 Å². The fourth-order valence-corrected chi connectivity index (χ4v) is 0.635. The van der Waals surface area contributed by atoms with Crippen LogP contribution in [0.1, 0.15) is 34.9 Å². The van der Waals surface area contributed by atoms with E-state index in [1.807, 2.05) is 0 Å². The van der Waals surface area contributed by atoms with E-state index in [-0.39, 0.29) is 23.5 Å². The molecule has 0 spiro atoms. The molecular weight excluding hydrogens is 180 g/mol. The van der Waals surface area contributed by atoms with E-state index in [9.17, 15) is 0 Å². The number of aliphatic hydroxyl groups excluding tert-OH is 2. The van der Waals surface area contributed by atoms with Crippen LogP contribution in [0.15, 0.2) is 0 Å². The Morgan fingerprint density at radius 3 is 1.93 bits per heavy atom. The highest BCUT2D eigenvalue weighted by molar-refractivity contribution is 4.67. The Bertz CT molecular complexity index is 368. The van der Waals surface area contributed by atoms with Crippen LogP contribution in [0.4, 0.5) is 0 Å². The maximum Gasteiger partial charge on any atom is 0.210 e. The fraction of sp³-hybridized carbons (Fsp3) is 1.00. The standard InChI is InChI=1S/C10H24N2O2/c1-3-9(7-13)11-5-6-12-10(4-2)8-14/h9-14H,3-8H2,1-2H3/t9-,10-/m1/s1/i5D2,6D2,9D,10D,13D,14D/hD2. The van der Waals surface area contributed by atoms with Gasteiger partial charge in [0.25, 0.3) is 0 Å². The van der Waals surface area contributed by atoms with E-state index in [0.717, 1.165) is 0 Å². The van der Waals surface area contributed by atoms with E-state index in [1.54, 1.807) is 0 Å². The van der Waals surface area contributed by atoms with Crippen molar-refractivity contribution < 1.29 is 21.3 Å². The van der Waals surface area contributed by atoms with E-state index in [4.69, 9.17) is 13.9 Å². The molecule has 4 heteroatoms. The highest BCUT2D eigenvalue weighted by Crippen LogP contribution is 1.89. The van der Waals surface area contributed by atoms with Crippen molar-refractivity contribution in [3.63, 3.8) is 0 Å². The van der Waals surface area contributed by atoms with Crippen molar-refractivity contribution in [3.8, 4) is 0 Å². The van der Waals surface area contributed by atoms with Crippen molar-refractivity contribution in [3.05, 3.63) is 0 Å². The molecule has 0 aliphatic heterocycles. The molecule has 0 amide bonds. The number of rotatable bonds is 11. The van der Waals surface area contributed by atoms with Crippen LogP contribution >= 0.6 is 0 Å². The van der Waals surface area contributed by atoms with Gasteiger partial charge in [0.05, 0.1) is 13.2 Å². The fourth-order valence-electron chi connectivity index (χ4n) is 0.635. The van der Waals surface area contributed by atoms with Crippen molar-refractivity contribution >= 4 is 0 Å². The maximum atomic E-state index is 8.04. The van der Waals surface area contributed by atoms with Gasteiger partial charge >= 0.3 is 0 Å². The van der Waals surface area contributed by atoms with Gasteiger partial charge < -0.3 is 20.8 Å². The summed E-state index contributed by atoms with van der Waals surface area (Å²) in [7, 11) is 0. The SMILES string of the molecule is [2H]OC[C@@]([2H])(CC)N([2H])C([2H])([2H])C([2H])([2H])N([2H])[C@]([2H])(CC)CO[2H]. The summed E-state index contributed by atoms with van der Waals surface area (Å²) < 4.78 is 77.1. The van der Waals surface area contributed by atoms with Crippen LogP contribution in [0.5, 0.6) is 0 Å². The van der Waals surface area contributed by atoms with Crippen LogP contribution in [-0.4, -0.2) is 51.3 Å². The second-order valence-electron chi connectivity index (χ2n) is 2.58. The van der Waals surface area contributed by atoms with Gasteiger partial charge in [-0.2, -0.15) is 0 Å². The first-order valence-corrected chi connectivity index (χ1v) is 4.55. The number of nitrogens with one attached hydrogen (secondary N) is 2. The maximum absolute atomic E-state index is 8.04. The summed E-state index contributed by atoms with van der Waals surface area (Å²) in [6.07, 6.45) is -0.281.